The largest absolute Gasteiger partial charge is 0.354 e. The van der Waals surface area contributed by atoms with Crippen LogP contribution in [-0.2, 0) is 11.3 Å². The van der Waals surface area contributed by atoms with Crippen LogP contribution in [0.4, 0.5) is 0 Å². The van der Waals surface area contributed by atoms with Crippen molar-refractivity contribution in [2.24, 2.45) is 5.92 Å². The van der Waals surface area contributed by atoms with Crippen LogP contribution in [0.15, 0.2) is 30.6 Å². The highest BCUT2D eigenvalue weighted by Gasteiger charge is 2.28. The van der Waals surface area contributed by atoms with E-state index in [1.807, 2.05) is 12.1 Å². The molecule has 4 rings (SSSR count). The second-order valence-electron chi connectivity index (χ2n) is 6.61. The third kappa shape index (κ3) is 3.14. The van der Waals surface area contributed by atoms with E-state index in [0.29, 0.717) is 12.5 Å². The first-order valence-electron chi connectivity index (χ1n) is 8.57. The highest BCUT2D eigenvalue weighted by Crippen LogP contribution is 2.41. The molecule has 0 aliphatic heterocycles. The molecule has 0 spiro atoms. The first-order chi connectivity index (χ1) is 11.3. The van der Waals surface area contributed by atoms with Crippen LogP contribution in [0, 0.1) is 5.92 Å². The van der Waals surface area contributed by atoms with Crippen molar-refractivity contribution < 1.29 is 4.79 Å². The Morgan fingerprint density at radius 2 is 2.00 bits per heavy atom. The molecule has 1 amide bonds. The maximum atomic E-state index is 11.9. The Labute approximate surface area is 136 Å². The molecule has 5 nitrogen and oxygen atoms in total. The topological polar surface area (TPSA) is 59.8 Å². The van der Waals surface area contributed by atoms with Crippen molar-refractivity contribution in [3.63, 3.8) is 0 Å². The predicted octanol–water partition coefficient (Wildman–Crippen LogP) is 2.74. The molecule has 5 heteroatoms. The lowest BCUT2D eigenvalue weighted by molar-refractivity contribution is -0.127. The van der Waals surface area contributed by atoms with Gasteiger partial charge in [0.15, 0.2) is 0 Å². The first-order valence-corrected chi connectivity index (χ1v) is 8.57. The number of carbonyl (C=O) groups is 1. The van der Waals surface area contributed by atoms with Crippen molar-refractivity contribution in [1.82, 2.24) is 20.1 Å². The Morgan fingerprint density at radius 1 is 1.22 bits per heavy atom. The number of nitrogens with zero attached hydrogens (tertiary/aromatic N) is 3. The molecule has 0 atom stereocenters. The summed E-state index contributed by atoms with van der Waals surface area (Å²) >= 11 is 0. The third-order valence-corrected chi connectivity index (χ3v) is 4.88. The molecule has 23 heavy (non-hydrogen) atoms. The Bertz CT molecular complexity index is 686. The molecule has 2 aromatic rings. The molecule has 2 heterocycles. The second kappa shape index (κ2) is 6.14. The van der Waals surface area contributed by atoms with Crippen LogP contribution < -0.4 is 5.32 Å². The lowest BCUT2D eigenvalue weighted by Gasteiger charge is -2.24. The zero-order valence-corrected chi connectivity index (χ0v) is 13.2. The van der Waals surface area contributed by atoms with E-state index >= 15 is 0 Å². The Balaban J connectivity index is 1.44. The number of hydrogen-bond donors (Lipinski definition) is 1. The fourth-order valence-corrected chi connectivity index (χ4v) is 3.08. The summed E-state index contributed by atoms with van der Waals surface area (Å²) in [5, 5.41) is 7.81. The van der Waals surface area contributed by atoms with Crippen LogP contribution in [0.3, 0.4) is 0 Å². The summed E-state index contributed by atoms with van der Waals surface area (Å²) in [6, 6.07) is 6.17. The van der Waals surface area contributed by atoms with Gasteiger partial charge in [-0.1, -0.05) is 6.42 Å². The minimum atomic E-state index is 0.214. The first kappa shape index (κ1) is 14.4. The zero-order valence-electron chi connectivity index (χ0n) is 13.2. The van der Waals surface area contributed by atoms with Crippen LogP contribution in [0.1, 0.15) is 43.7 Å². The summed E-state index contributed by atoms with van der Waals surface area (Å²) < 4.78 is 2.08. The monoisotopic (exact) mass is 310 g/mol. The molecule has 120 valence electrons. The molecular formula is C18H22N4O. The quantitative estimate of drug-likeness (QED) is 0.892. The smallest absolute Gasteiger partial charge is 0.223 e. The van der Waals surface area contributed by atoms with Crippen LogP contribution in [-0.4, -0.2) is 27.2 Å². The lowest BCUT2D eigenvalue weighted by Crippen LogP contribution is -2.36. The SMILES string of the molecule is O=C(NCCn1nc(-c2ccncc2)cc1C1CC1)C1CCC1. The van der Waals surface area contributed by atoms with E-state index in [0.717, 1.165) is 30.6 Å². The van der Waals surface area contributed by atoms with Gasteiger partial charge in [0, 0.05) is 42.0 Å². The van der Waals surface area contributed by atoms with Crippen molar-refractivity contribution in [3.8, 4) is 11.3 Å². The van der Waals surface area contributed by atoms with Crippen molar-refractivity contribution in [3.05, 3.63) is 36.3 Å². The highest BCUT2D eigenvalue weighted by molar-refractivity contribution is 5.79. The Hall–Kier alpha value is -2.17. The Morgan fingerprint density at radius 3 is 2.65 bits per heavy atom. The van der Waals surface area contributed by atoms with Gasteiger partial charge >= 0.3 is 0 Å². The van der Waals surface area contributed by atoms with Gasteiger partial charge in [-0.3, -0.25) is 14.5 Å². The molecule has 2 saturated carbocycles. The van der Waals surface area contributed by atoms with Gasteiger partial charge in [-0.25, -0.2) is 0 Å². The second-order valence-corrected chi connectivity index (χ2v) is 6.61. The van der Waals surface area contributed by atoms with E-state index in [1.54, 1.807) is 12.4 Å². The van der Waals surface area contributed by atoms with E-state index in [2.05, 4.69) is 21.0 Å². The maximum absolute atomic E-state index is 11.9. The minimum Gasteiger partial charge on any atom is -0.354 e. The molecule has 1 N–H and O–H groups in total. The summed E-state index contributed by atoms with van der Waals surface area (Å²) in [4.78, 5) is 16.0. The van der Waals surface area contributed by atoms with Crippen molar-refractivity contribution in [1.29, 1.82) is 0 Å². The molecule has 0 aromatic carbocycles. The summed E-state index contributed by atoms with van der Waals surface area (Å²) in [5.41, 5.74) is 3.40. The van der Waals surface area contributed by atoms with E-state index < -0.39 is 0 Å². The fraction of sp³-hybridized carbons (Fsp3) is 0.500. The number of nitrogens with one attached hydrogen (secondary N) is 1. The minimum absolute atomic E-state index is 0.214. The number of aromatic nitrogens is 3. The molecule has 2 aliphatic rings. The summed E-state index contributed by atoms with van der Waals surface area (Å²) in [6.45, 7) is 1.40. The van der Waals surface area contributed by atoms with Gasteiger partial charge in [0.1, 0.15) is 0 Å². The number of amides is 1. The number of pyridine rings is 1. The van der Waals surface area contributed by atoms with Crippen LogP contribution in [0.5, 0.6) is 0 Å². The predicted molar refractivity (Wildman–Crippen MR) is 87.8 cm³/mol. The number of hydrogen-bond acceptors (Lipinski definition) is 3. The fourth-order valence-electron chi connectivity index (χ4n) is 3.08. The van der Waals surface area contributed by atoms with Gasteiger partial charge in [0.2, 0.25) is 5.91 Å². The standard InChI is InChI=1S/C18H22N4O/c23-18(15-2-1-3-15)20-10-11-22-17(14-4-5-14)12-16(21-22)13-6-8-19-9-7-13/h6-9,12,14-15H,1-5,10-11H2,(H,20,23). The summed E-state index contributed by atoms with van der Waals surface area (Å²) in [5.74, 6) is 1.11. The molecule has 0 unspecified atom stereocenters. The van der Waals surface area contributed by atoms with Gasteiger partial charge in [-0.05, 0) is 43.9 Å². The van der Waals surface area contributed by atoms with Gasteiger partial charge in [0.25, 0.3) is 0 Å². The molecule has 0 bridgehead atoms. The van der Waals surface area contributed by atoms with Gasteiger partial charge < -0.3 is 5.32 Å². The maximum Gasteiger partial charge on any atom is 0.223 e. The summed E-state index contributed by atoms with van der Waals surface area (Å²) in [6.07, 6.45) is 9.37. The molecule has 2 fully saturated rings. The van der Waals surface area contributed by atoms with Crippen molar-refractivity contribution in [2.75, 3.05) is 6.54 Å². The van der Waals surface area contributed by atoms with Crippen LogP contribution in [0.25, 0.3) is 11.3 Å². The highest BCUT2D eigenvalue weighted by atomic mass is 16.1. The molecule has 2 aliphatic carbocycles. The zero-order chi connectivity index (χ0) is 15.6. The Kier molecular flexibility index (Phi) is 3.85. The van der Waals surface area contributed by atoms with Crippen molar-refractivity contribution >= 4 is 5.91 Å². The van der Waals surface area contributed by atoms with Gasteiger partial charge in [-0.15, -0.1) is 0 Å². The van der Waals surface area contributed by atoms with Crippen LogP contribution >= 0.6 is 0 Å². The third-order valence-electron chi connectivity index (χ3n) is 4.88. The average Bonchev–Trinajstić information content (AvgIpc) is 3.27. The normalized spacial score (nSPS) is 17.7. The van der Waals surface area contributed by atoms with E-state index in [-0.39, 0.29) is 11.8 Å². The molecular weight excluding hydrogens is 288 g/mol. The van der Waals surface area contributed by atoms with Gasteiger partial charge in [0.05, 0.1) is 12.2 Å². The lowest BCUT2D eigenvalue weighted by atomic mass is 9.85. The molecule has 0 radical (unpaired) electrons. The van der Waals surface area contributed by atoms with Gasteiger partial charge in [-0.2, -0.15) is 5.10 Å². The number of rotatable bonds is 6. The van der Waals surface area contributed by atoms with Crippen molar-refractivity contribution in [2.45, 2.75) is 44.6 Å². The number of carbonyl (C=O) groups excluding carboxylic acids is 1. The van der Waals surface area contributed by atoms with Crippen LogP contribution in [0.2, 0.25) is 0 Å². The van der Waals surface area contributed by atoms with E-state index in [9.17, 15) is 4.79 Å². The molecule has 2 aromatic heterocycles. The summed E-state index contributed by atoms with van der Waals surface area (Å²) in [7, 11) is 0. The molecule has 0 saturated heterocycles. The van der Waals surface area contributed by atoms with E-state index in [4.69, 9.17) is 5.10 Å². The average molecular weight is 310 g/mol. The van der Waals surface area contributed by atoms with E-state index in [1.165, 1.54) is 25.0 Å².